The van der Waals surface area contributed by atoms with Crippen LogP contribution in [0.25, 0.3) is 0 Å². The molecule has 0 aromatic carbocycles. The number of hydrogen-bond acceptors (Lipinski definition) is 1. The van der Waals surface area contributed by atoms with Crippen LogP contribution in [-0.4, -0.2) is 6.54 Å². The lowest BCUT2D eigenvalue weighted by Crippen LogP contribution is -2.22. The van der Waals surface area contributed by atoms with Gasteiger partial charge in [0.1, 0.15) is 0 Å². The normalized spacial score (nSPS) is 34.2. The van der Waals surface area contributed by atoms with Crippen molar-refractivity contribution in [3.63, 3.8) is 0 Å². The van der Waals surface area contributed by atoms with Crippen LogP contribution in [0.5, 0.6) is 0 Å². The number of rotatable bonds is 2. The van der Waals surface area contributed by atoms with Crippen LogP contribution >= 0.6 is 0 Å². The Morgan fingerprint density at radius 2 is 2.00 bits per heavy atom. The third-order valence-corrected chi connectivity index (χ3v) is 2.80. The minimum Gasteiger partial charge on any atom is -0.330 e. The highest BCUT2D eigenvalue weighted by Crippen LogP contribution is 2.29. The van der Waals surface area contributed by atoms with Gasteiger partial charge in [0.15, 0.2) is 0 Å². The Morgan fingerprint density at radius 3 is 2.60 bits per heavy atom. The predicted molar refractivity (Wildman–Crippen MR) is 44.8 cm³/mol. The molecule has 1 fully saturated rings. The number of nitrogens with two attached hydrogens (primary N) is 1. The molecule has 2 atom stereocenters. The first-order valence-corrected chi connectivity index (χ1v) is 4.56. The molecule has 1 nitrogen and oxygen atoms in total. The monoisotopic (exact) mass is 141 g/mol. The summed E-state index contributed by atoms with van der Waals surface area (Å²) in [6.07, 6.45) is 7.00. The van der Waals surface area contributed by atoms with E-state index in [9.17, 15) is 0 Å². The second-order valence-electron chi connectivity index (χ2n) is 3.54. The van der Waals surface area contributed by atoms with Crippen LogP contribution in [0.3, 0.4) is 0 Å². The molecule has 0 aromatic rings. The summed E-state index contributed by atoms with van der Waals surface area (Å²) in [4.78, 5) is 0. The van der Waals surface area contributed by atoms with Crippen LogP contribution in [0.1, 0.15) is 39.0 Å². The van der Waals surface area contributed by atoms with Crippen LogP contribution < -0.4 is 5.73 Å². The fourth-order valence-electron chi connectivity index (χ4n) is 1.99. The van der Waals surface area contributed by atoms with Gasteiger partial charge in [-0.25, -0.2) is 0 Å². The molecule has 0 heterocycles. The molecule has 1 saturated carbocycles. The van der Waals surface area contributed by atoms with Gasteiger partial charge >= 0.3 is 0 Å². The highest BCUT2D eigenvalue weighted by atomic mass is 14.5. The zero-order chi connectivity index (χ0) is 7.40. The van der Waals surface area contributed by atoms with Crippen molar-refractivity contribution in [2.24, 2.45) is 17.6 Å². The molecular formula is C9H19N. The Morgan fingerprint density at radius 1 is 1.30 bits per heavy atom. The van der Waals surface area contributed by atoms with E-state index in [1.54, 1.807) is 0 Å². The molecule has 0 amide bonds. The average molecular weight is 141 g/mol. The van der Waals surface area contributed by atoms with Crippen molar-refractivity contribution in [3.05, 3.63) is 0 Å². The van der Waals surface area contributed by atoms with E-state index in [2.05, 4.69) is 6.92 Å². The topological polar surface area (TPSA) is 26.0 Å². The summed E-state index contributed by atoms with van der Waals surface area (Å²) in [7, 11) is 0. The van der Waals surface area contributed by atoms with Crippen molar-refractivity contribution in [2.45, 2.75) is 39.0 Å². The third-order valence-electron chi connectivity index (χ3n) is 2.80. The van der Waals surface area contributed by atoms with Crippen LogP contribution in [0.2, 0.25) is 0 Å². The molecule has 2 N–H and O–H groups in total. The van der Waals surface area contributed by atoms with E-state index in [0.717, 1.165) is 18.4 Å². The largest absolute Gasteiger partial charge is 0.330 e. The Kier molecular flexibility index (Phi) is 3.20. The van der Waals surface area contributed by atoms with Crippen molar-refractivity contribution in [1.29, 1.82) is 0 Å². The summed E-state index contributed by atoms with van der Waals surface area (Å²) in [6.45, 7) is 3.21. The molecule has 1 unspecified atom stereocenters. The maximum absolute atomic E-state index is 5.62. The standard InChI is InChI=1S/C9H19N/c1-2-8-4-3-5-9(6-8)7-10/h8-9H,2-7,10H2,1H3/t8-,9?/m0/s1. The smallest absolute Gasteiger partial charge is 0.00488 e. The summed E-state index contributed by atoms with van der Waals surface area (Å²) < 4.78 is 0. The summed E-state index contributed by atoms with van der Waals surface area (Å²) in [6, 6.07) is 0. The van der Waals surface area contributed by atoms with Crippen molar-refractivity contribution < 1.29 is 0 Å². The Hall–Kier alpha value is -0.0400. The van der Waals surface area contributed by atoms with Gasteiger partial charge in [-0.1, -0.05) is 26.2 Å². The number of hydrogen-bond donors (Lipinski definition) is 1. The molecule has 1 aliphatic carbocycles. The van der Waals surface area contributed by atoms with E-state index in [-0.39, 0.29) is 0 Å². The molecule has 0 aliphatic heterocycles. The molecule has 0 spiro atoms. The van der Waals surface area contributed by atoms with Gasteiger partial charge in [0.25, 0.3) is 0 Å². The van der Waals surface area contributed by atoms with Gasteiger partial charge in [-0.15, -0.1) is 0 Å². The third kappa shape index (κ3) is 1.98. The lowest BCUT2D eigenvalue weighted by molar-refractivity contribution is 0.266. The maximum atomic E-state index is 5.62. The Labute approximate surface area is 64.0 Å². The van der Waals surface area contributed by atoms with Gasteiger partial charge in [-0.05, 0) is 31.2 Å². The van der Waals surface area contributed by atoms with Gasteiger partial charge < -0.3 is 5.73 Å². The van der Waals surface area contributed by atoms with Gasteiger partial charge in [0.2, 0.25) is 0 Å². The molecule has 0 bridgehead atoms. The van der Waals surface area contributed by atoms with E-state index in [0.29, 0.717) is 0 Å². The van der Waals surface area contributed by atoms with Crippen molar-refractivity contribution >= 4 is 0 Å². The van der Waals surface area contributed by atoms with Gasteiger partial charge in [-0.3, -0.25) is 0 Å². The minimum absolute atomic E-state index is 0.846. The summed E-state index contributed by atoms with van der Waals surface area (Å²) in [5.41, 5.74) is 5.62. The molecular weight excluding hydrogens is 122 g/mol. The molecule has 1 heteroatoms. The molecule has 0 aromatic heterocycles. The maximum Gasteiger partial charge on any atom is -0.00488 e. The lowest BCUT2D eigenvalue weighted by atomic mass is 9.80. The fourth-order valence-corrected chi connectivity index (χ4v) is 1.99. The molecule has 1 rings (SSSR count). The second kappa shape index (κ2) is 3.97. The van der Waals surface area contributed by atoms with Crippen LogP contribution in [-0.2, 0) is 0 Å². The van der Waals surface area contributed by atoms with Gasteiger partial charge in [0.05, 0.1) is 0 Å². The zero-order valence-electron chi connectivity index (χ0n) is 6.97. The quantitative estimate of drug-likeness (QED) is 0.626. The average Bonchev–Trinajstić information content (AvgIpc) is 2.05. The zero-order valence-corrected chi connectivity index (χ0v) is 6.97. The van der Waals surface area contributed by atoms with E-state index in [1.165, 1.54) is 32.1 Å². The van der Waals surface area contributed by atoms with E-state index >= 15 is 0 Å². The lowest BCUT2D eigenvalue weighted by Gasteiger charge is -2.27. The first-order valence-electron chi connectivity index (χ1n) is 4.56. The van der Waals surface area contributed by atoms with Crippen molar-refractivity contribution in [3.8, 4) is 0 Å². The van der Waals surface area contributed by atoms with Crippen molar-refractivity contribution in [1.82, 2.24) is 0 Å². The molecule has 0 saturated heterocycles. The first-order chi connectivity index (χ1) is 4.86. The van der Waals surface area contributed by atoms with Crippen LogP contribution in [0.15, 0.2) is 0 Å². The molecule has 0 radical (unpaired) electrons. The summed E-state index contributed by atoms with van der Waals surface area (Å²) in [5, 5.41) is 0. The molecule has 10 heavy (non-hydrogen) atoms. The first kappa shape index (κ1) is 8.06. The Bertz CT molecular complexity index is 80.7. The summed E-state index contributed by atoms with van der Waals surface area (Å²) >= 11 is 0. The fraction of sp³-hybridized carbons (Fsp3) is 1.00. The van der Waals surface area contributed by atoms with Crippen molar-refractivity contribution in [2.75, 3.05) is 6.54 Å². The highest BCUT2D eigenvalue weighted by Gasteiger charge is 2.18. The SMILES string of the molecule is CC[C@H]1CCCC(CN)C1. The van der Waals surface area contributed by atoms with Gasteiger partial charge in [0, 0.05) is 0 Å². The highest BCUT2D eigenvalue weighted by molar-refractivity contribution is 4.72. The predicted octanol–water partition coefficient (Wildman–Crippen LogP) is 2.16. The van der Waals surface area contributed by atoms with E-state index in [1.807, 2.05) is 0 Å². The summed E-state index contributed by atoms with van der Waals surface area (Å²) in [5.74, 6) is 1.83. The molecule has 1 aliphatic rings. The van der Waals surface area contributed by atoms with Gasteiger partial charge in [-0.2, -0.15) is 0 Å². The Balaban J connectivity index is 2.25. The van der Waals surface area contributed by atoms with E-state index in [4.69, 9.17) is 5.73 Å². The van der Waals surface area contributed by atoms with Crippen LogP contribution in [0, 0.1) is 11.8 Å². The second-order valence-corrected chi connectivity index (χ2v) is 3.54. The molecule has 60 valence electrons. The van der Waals surface area contributed by atoms with E-state index < -0.39 is 0 Å². The minimum atomic E-state index is 0.846. The van der Waals surface area contributed by atoms with Crippen LogP contribution in [0.4, 0.5) is 0 Å².